The van der Waals surface area contributed by atoms with E-state index in [1.165, 1.54) is 17.9 Å². The molecule has 0 unspecified atom stereocenters. The molecule has 0 spiro atoms. The third-order valence-electron chi connectivity index (χ3n) is 4.29. The SMILES string of the molecule is CSCCN1CCN(Cc2cnc(-c3ccc(Cl)cc3)nc2)CC1. The lowest BCUT2D eigenvalue weighted by molar-refractivity contribution is 0.132. The molecule has 0 bridgehead atoms. The number of thioether (sulfide) groups is 1. The van der Waals surface area contributed by atoms with E-state index in [2.05, 4.69) is 26.0 Å². The highest BCUT2D eigenvalue weighted by molar-refractivity contribution is 7.98. The molecule has 0 aliphatic carbocycles. The second-order valence-electron chi connectivity index (χ2n) is 6.03. The van der Waals surface area contributed by atoms with E-state index < -0.39 is 0 Å². The summed E-state index contributed by atoms with van der Waals surface area (Å²) in [5.74, 6) is 1.97. The summed E-state index contributed by atoms with van der Waals surface area (Å²) in [7, 11) is 0. The highest BCUT2D eigenvalue weighted by Gasteiger charge is 2.16. The van der Waals surface area contributed by atoms with Gasteiger partial charge >= 0.3 is 0 Å². The van der Waals surface area contributed by atoms with Crippen molar-refractivity contribution in [1.29, 1.82) is 0 Å². The lowest BCUT2D eigenvalue weighted by Gasteiger charge is -2.34. The number of benzene rings is 1. The van der Waals surface area contributed by atoms with Gasteiger partial charge < -0.3 is 0 Å². The summed E-state index contributed by atoms with van der Waals surface area (Å²) in [6, 6.07) is 7.63. The summed E-state index contributed by atoms with van der Waals surface area (Å²) in [5, 5.41) is 0.729. The monoisotopic (exact) mass is 362 g/mol. The van der Waals surface area contributed by atoms with Crippen LogP contribution in [-0.2, 0) is 6.54 Å². The highest BCUT2D eigenvalue weighted by atomic mass is 35.5. The van der Waals surface area contributed by atoms with Gasteiger partial charge in [-0.25, -0.2) is 9.97 Å². The number of aromatic nitrogens is 2. The first kappa shape index (κ1) is 17.7. The zero-order valence-electron chi connectivity index (χ0n) is 14.0. The number of nitrogens with zero attached hydrogens (tertiary/aromatic N) is 4. The van der Waals surface area contributed by atoms with Crippen molar-refractivity contribution in [2.75, 3.05) is 44.7 Å². The fourth-order valence-corrected chi connectivity index (χ4v) is 3.40. The molecule has 1 fully saturated rings. The number of rotatable bonds is 6. The second-order valence-corrected chi connectivity index (χ2v) is 7.45. The molecule has 1 aliphatic heterocycles. The minimum absolute atomic E-state index is 0.729. The molecule has 0 radical (unpaired) electrons. The maximum Gasteiger partial charge on any atom is 0.159 e. The van der Waals surface area contributed by atoms with Gasteiger partial charge in [-0.05, 0) is 30.5 Å². The van der Waals surface area contributed by atoms with E-state index in [0.717, 1.165) is 49.1 Å². The van der Waals surface area contributed by atoms with Gasteiger partial charge in [0.15, 0.2) is 5.82 Å². The van der Waals surface area contributed by atoms with Crippen LogP contribution in [-0.4, -0.2) is 64.5 Å². The van der Waals surface area contributed by atoms with Crippen LogP contribution in [0.3, 0.4) is 0 Å². The van der Waals surface area contributed by atoms with Crippen LogP contribution >= 0.6 is 23.4 Å². The number of hydrogen-bond donors (Lipinski definition) is 0. The maximum absolute atomic E-state index is 5.92. The van der Waals surface area contributed by atoms with Crippen LogP contribution in [0.1, 0.15) is 5.56 Å². The molecule has 3 rings (SSSR count). The van der Waals surface area contributed by atoms with Crippen molar-refractivity contribution in [2.24, 2.45) is 0 Å². The molecule has 6 heteroatoms. The van der Waals surface area contributed by atoms with E-state index >= 15 is 0 Å². The van der Waals surface area contributed by atoms with Crippen LogP contribution in [0.25, 0.3) is 11.4 Å². The Kier molecular flexibility index (Phi) is 6.49. The average molecular weight is 363 g/mol. The molecule has 1 aromatic carbocycles. The molecule has 0 atom stereocenters. The Morgan fingerprint density at radius 1 is 1.00 bits per heavy atom. The first-order valence-electron chi connectivity index (χ1n) is 8.25. The Labute approximate surface area is 153 Å². The summed E-state index contributed by atoms with van der Waals surface area (Å²) in [6.45, 7) is 6.68. The molecule has 128 valence electrons. The zero-order valence-corrected chi connectivity index (χ0v) is 15.6. The van der Waals surface area contributed by atoms with E-state index in [9.17, 15) is 0 Å². The predicted octanol–water partition coefficient (Wildman–Crippen LogP) is 3.28. The molecule has 1 saturated heterocycles. The Morgan fingerprint density at radius 2 is 1.62 bits per heavy atom. The zero-order chi connectivity index (χ0) is 16.8. The van der Waals surface area contributed by atoms with Gasteiger partial charge in [0.1, 0.15) is 0 Å². The maximum atomic E-state index is 5.92. The molecule has 2 aromatic rings. The minimum atomic E-state index is 0.729. The third kappa shape index (κ3) is 4.93. The summed E-state index contributed by atoms with van der Waals surface area (Å²) in [5.41, 5.74) is 2.17. The highest BCUT2D eigenvalue weighted by Crippen LogP contribution is 2.18. The number of piperazine rings is 1. The Balaban J connectivity index is 1.52. The van der Waals surface area contributed by atoms with Gasteiger partial charge in [0.2, 0.25) is 0 Å². The average Bonchev–Trinajstić information content (AvgIpc) is 2.63. The number of halogens is 1. The smallest absolute Gasteiger partial charge is 0.159 e. The van der Waals surface area contributed by atoms with Gasteiger partial charge in [0, 0.05) is 73.6 Å². The van der Waals surface area contributed by atoms with E-state index in [1.807, 2.05) is 48.4 Å². The Hall–Kier alpha value is -1.14. The van der Waals surface area contributed by atoms with Gasteiger partial charge in [0.25, 0.3) is 0 Å². The van der Waals surface area contributed by atoms with Gasteiger partial charge in [0.05, 0.1) is 0 Å². The van der Waals surface area contributed by atoms with Crippen molar-refractivity contribution < 1.29 is 0 Å². The van der Waals surface area contributed by atoms with Gasteiger partial charge in [-0.15, -0.1) is 0 Å². The first-order valence-corrected chi connectivity index (χ1v) is 10.0. The molecule has 24 heavy (non-hydrogen) atoms. The Morgan fingerprint density at radius 3 is 2.25 bits per heavy atom. The van der Waals surface area contributed by atoms with E-state index in [-0.39, 0.29) is 0 Å². The van der Waals surface area contributed by atoms with Gasteiger partial charge in [-0.3, -0.25) is 9.80 Å². The summed E-state index contributed by atoms with van der Waals surface area (Å²) >= 11 is 7.84. The van der Waals surface area contributed by atoms with Crippen molar-refractivity contribution in [3.63, 3.8) is 0 Å². The lowest BCUT2D eigenvalue weighted by Crippen LogP contribution is -2.46. The summed E-state index contributed by atoms with van der Waals surface area (Å²) in [6.07, 6.45) is 6.05. The molecule has 1 aliphatic rings. The van der Waals surface area contributed by atoms with Gasteiger partial charge in [-0.2, -0.15) is 11.8 Å². The fraction of sp³-hybridized carbons (Fsp3) is 0.444. The van der Waals surface area contributed by atoms with Gasteiger partial charge in [-0.1, -0.05) is 11.6 Å². The molecule has 4 nitrogen and oxygen atoms in total. The molecule has 1 aromatic heterocycles. The standard InChI is InChI=1S/C18H23ClN4S/c1-24-11-10-22-6-8-23(9-7-22)14-15-12-20-18(21-13-15)16-2-4-17(19)5-3-16/h2-5,12-13H,6-11,14H2,1H3. The fourth-order valence-electron chi connectivity index (χ4n) is 2.83. The summed E-state index contributed by atoms with van der Waals surface area (Å²) < 4.78 is 0. The van der Waals surface area contributed by atoms with Crippen molar-refractivity contribution in [1.82, 2.24) is 19.8 Å². The van der Waals surface area contributed by atoms with E-state index in [0.29, 0.717) is 0 Å². The van der Waals surface area contributed by atoms with Crippen LogP contribution in [0, 0.1) is 0 Å². The van der Waals surface area contributed by atoms with Crippen molar-refractivity contribution in [2.45, 2.75) is 6.54 Å². The largest absolute Gasteiger partial charge is 0.300 e. The van der Waals surface area contributed by atoms with Crippen molar-refractivity contribution in [3.05, 3.63) is 47.2 Å². The van der Waals surface area contributed by atoms with E-state index in [4.69, 9.17) is 11.6 Å². The molecule has 2 heterocycles. The topological polar surface area (TPSA) is 32.3 Å². The summed E-state index contributed by atoms with van der Waals surface area (Å²) in [4.78, 5) is 14.0. The van der Waals surface area contributed by atoms with Crippen molar-refractivity contribution >= 4 is 23.4 Å². The molecular formula is C18H23ClN4S. The van der Waals surface area contributed by atoms with Crippen LogP contribution < -0.4 is 0 Å². The van der Waals surface area contributed by atoms with Crippen LogP contribution in [0.4, 0.5) is 0 Å². The van der Waals surface area contributed by atoms with E-state index in [1.54, 1.807) is 0 Å². The van der Waals surface area contributed by atoms with Crippen LogP contribution in [0.15, 0.2) is 36.7 Å². The first-order chi connectivity index (χ1) is 11.7. The lowest BCUT2D eigenvalue weighted by atomic mass is 10.2. The minimum Gasteiger partial charge on any atom is -0.300 e. The van der Waals surface area contributed by atoms with Crippen LogP contribution in [0.5, 0.6) is 0 Å². The Bertz CT molecular complexity index is 624. The van der Waals surface area contributed by atoms with Crippen molar-refractivity contribution in [3.8, 4) is 11.4 Å². The molecule has 0 N–H and O–H groups in total. The molecule has 0 amide bonds. The predicted molar refractivity (Wildman–Crippen MR) is 103 cm³/mol. The quantitative estimate of drug-likeness (QED) is 0.787. The third-order valence-corrected chi connectivity index (χ3v) is 5.13. The van der Waals surface area contributed by atoms with Crippen LogP contribution in [0.2, 0.25) is 5.02 Å². The molecule has 0 saturated carbocycles. The molecular weight excluding hydrogens is 340 g/mol. The number of hydrogen-bond acceptors (Lipinski definition) is 5. The second kappa shape index (κ2) is 8.81. The normalized spacial score (nSPS) is 16.4.